The van der Waals surface area contributed by atoms with Crippen molar-refractivity contribution in [1.82, 2.24) is 5.32 Å². The van der Waals surface area contributed by atoms with Crippen LogP contribution in [-0.2, 0) is 26.8 Å². The van der Waals surface area contributed by atoms with Gasteiger partial charge in [-0.15, -0.1) is 0 Å². The lowest BCUT2D eigenvalue weighted by molar-refractivity contribution is -0.116. The Morgan fingerprint density at radius 1 is 1.04 bits per heavy atom. The summed E-state index contributed by atoms with van der Waals surface area (Å²) in [6.45, 7) is 6.76. The number of carbonyl (C=O) groups excluding carboxylic acids is 1. The van der Waals surface area contributed by atoms with Crippen LogP contribution < -0.4 is 10.5 Å². The van der Waals surface area contributed by atoms with Gasteiger partial charge in [0.2, 0.25) is 15.9 Å². The molecule has 0 aliphatic rings. The van der Waals surface area contributed by atoms with E-state index in [1.807, 2.05) is 12.1 Å². The maximum absolute atomic E-state index is 11.9. The molecule has 0 radical (unpaired) electrons. The van der Waals surface area contributed by atoms with Crippen LogP contribution in [0.25, 0.3) is 6.08 Å². The van der Waals surface area contributed by atoms with Crippen molar-refractivity contribution in [3.8, 4) is 0 Å². The minimum Gasteiger partial charge on any atom is -0.348 e. The van der Waals surface area contributed by atoms with Crippen molar-refractivity contribution in [3.63, 3.8) is 0 Å². The van der Waals surface area contributed by atoms with Crippen LogP contribution in [0.2, 0.25) is 0 Å². The van der Waals surface area contributed by atoms with Gasteiger partial charge in [-0.25, -0.2) is 13.6 Å². The Hall–Kier alpha value is -2.44. The molecule has 1 amide bonds. The van der Waals surface area contributed by atoms with E-state index in [0.717, 1.165) is 11.1 Å². The van der Waals surface area contributed by atoms with Crippen molar-refractivity contribution in [2.24, 2.45) is 5.14 Å². The van der Waals surface area contributed by atoms with Crippen LogP contribution in [0, 0.1) is 0 Å². The van der Waals surface area contributed by atoms with Gasteiger partial charge in [0.1, 0.15) is 0 Å². The molecule has 138 valence electrons. The molecular weight excluding hydrogens is 348 g/mol. The zero-order chi connectivity index (χ0) is 19.4. The minimum absolute atomic E-state index is 0.0474. The Bertz CT molecular complexity index is 892. The highest BCUT2D eigenvalue weighted by Gasteiger charge is 2.12. The van der Waals surface area contributed by atoms with Crippen molar-refractivity contribution >= 4 is 22.0 Å². The molecule has 26 heavy (non-hydrogen) atoms. The van der Waals surface area contributed by atoms with Gasteiger partial charge in [0.05, 0.1) is 4.90 Å². The van der Waals surface area contributed by atoms with Crippen LogP contribution in [0.15, 0.2) is 59.5 Å². The fraction of sp³-hybridized carbons (Fsp3) is 0.250. The van der Waals surface area contributed by atoms with Crippen LogP contribution in [0.1, 0.15) is 37.5 Å². The van der Waals surface area contributed by atoms with E-state index >= 15 is 0 Å². The number of nitrogens with one attached hydrogen (secondary N) is 1. The number of amides is 1. The summed E-state index contributed by atoms with van der Waals surface area (Å²) in [6.07, 6.45) is 3.23. The minimum atomic E-state index is -3.70. The summed E-state index contributed by atoms with van der Waals surface area (Å²) in [7, 11) is -3.70. The molecular formula is C20H24N2O3S. The van der Waals surface area contributed by atoms with E-state index in [-0.39, 0.29) is 16.2 Å². The molecule has 2 aromatic carbocycles. The van der Waals surface area contributed by atoms with Crippen molar-refractivity contribution in [2.45, 2.75) is 37.6 Å². The largest absolute Gasteiger partial charge is 0.348 e. The molecule has 3 N–H and O–H groups in total. The van der Waals surface area contributed by atoms with Gasteiger partial charge in [-0.3, -0.25) is 4.79 Å². The average Bonchev–Trinajstić information content (AvgIpc) is 2.57. The first kappa shape index (κ1) is 19.9. The van der Waals surface area contributed by atoms with Crippen molar-refractivity contribution in [3.05, 3.63) is 71.3 Å². The summed E-state index contributed by atoms with van der Waals surface area (Å²) in [4.78, 5) is 12.0. The van der Waals surface area contributed by atoms with Crippen LogP contribution in [0.4, 0.5) is 0 Å². The topological polar surface area (TPSA) is 89.3 Å². The normalized spacial score (nSPS) is 12.3. The van der Waals surface area contributed by atoms with Gasteiger partial charge >= 0.3 is 0 Å². The number of benzene rings is 2. The number of hydrogen-bond donors (Lipinski definition) is 2. The lowest BCUT2D eigenvalue weighted by Crippen LogP contribution is -2.20. The zero-order valence-corrected chi connectivity index (χ0v) is 16.0. The predicted octanol–water partition coefficient (Wildman–Crippen LogP) is 2.96. The maximum atomic E-state index is 11.9. The fourth-order valence-corrected chi connectivity index (χ4v) is 2.83. The second-order valence-electron chi connectivity index (χ2n) is 7.11. The van der Waals surface area contributed by atoms with Gasteiger partial charge in [-0.2, -0.15) is 0 Å². The standard InChI is InChI=1S/C20H24N2O3S/c1-20(2,3)17-9-4-15(5-10-17)8-13-19(23)22-14-16-6-11-18(12-7-16)26(21,24)25/h4-13H,14H2,1-3H3,(H,22,23)(H2,21,24,25)/b13-8+. The van der Waals surface area contributed by atoms with Gasteiger partial charge in [0, 0.05) is 12.6 Å². The summed E-state index contributed by atoms with van der Waals surface area (Å²) in [5.41, 5.74) is 3.07. The second kappa shape index (κ2) is 7.85. The van der Waals surface area contributed by atoms with E-state index < -0.39 is 10.0 Å². The van der Waals surface area contributed by atoms with Gasteiger partial charge in [0.15, 0.2) is 0 Å². The summed E-state index contributed by atoms with van der Waals surface area (Å²) in [6, 6.07) is 14.2. The van der Waals surface area contributed by atoms with Crippen LogP contribution in [0.5, 0.6) is 0 Å². The van der Waals surface area contributed by atoms with E-state index in [4.69, 9.17) is 5.14 Å². The Kier molecular flexibility index (Phi) is 6.00. The predicted molar refractivity (Wildman–Crippen MR) is 104 cm³/mol. The van der Waals surface area contributed by atoms with E-state index in [1.165, 1.54) is 23.8 Å². The molecule has 2 aromatic rings. The zero-order valence-electron chi connectivity index (χ0n) is 15.2. The molecule has 0 spiro atoms. The van der Waals surface area contributed by atoms with E-state index in [9.17, 15) is 13.2 Å². The number of carbonyl (C=O) groups is 1. The number of sulfonamides is 1. The summed E-state index contributed by atoms with van der Waals surface area (Å²) >= 11 is 0. The molecule has 2 rings (SSSR count). The van der Waals surface area contributed by atoms with E-state index in [2.05, 4.69) is 38.2 Å². The first-order chi connectivity index (χ1) is 12.1. The maximum Gasteiger partial charge on any atom is 0.244 e. The SMILES string of the molecule is CC(C)(C)c1ccc(/C=C/C(=O)NCc2ccc(S(N)(=O)=O)cc2)cc1. The molecule has 0 saturated heterocycles. The molecule has 0 saturated carbocycles. The van der Waals surface area contributed by atoms with Crippen LogP contribution in [-0.4, -0.2) is 14.3 Å². The summed E-state index contributed by atoms with van der Waals surface area (Å²) in [5, 5.41) is 7.81. The number of nitrogens with two attached hydrogens (primary N) is 1. The molecule has 0 atom stereocenters. The number of rotatable bonds is 5. The quantitative estimate of drug-likeness (QED) is 0.791. The Morgan fingerprint density at radius 2 is 1.62 bits per heavy atom. The van der Waals surface area contributed by atoms with Gasteiger partial charge in [-0.05, 0) is 40.3 Å². The monoisotopic (exact) mass is 372 g/mol. The number of hydrogen-bond acceptors (Lipinski definition) is 3. The first-order valence-corrected chi connectivity index (χ1v) is 9.78. The Morgan fingerprint density at radius 3 is 2.12 bits per heavy atom. The molecule has 6 heteroatoms. The lowest BCUT2D eigenvalue weighted by atomic mass is 9.87. The van der Waals surface area contributed by atoms with Crippen molar-refractivity contribution < 1.29 is 13.2 Å². The smallest absolute Gasteiger partial charge is 0.244 e. The Labute approximate surface area is 155 Å². The third-order valence-corrected chi connectivity index (χ3v) is 4.85. The highest BCUT2D eigenvalue weighted by molar-refractivity contribution is 7.89. The van der Waals surface area contributed by atoms with Crippen LogP contribution in [0.3, 0.4) is 0 Å². The van der Waals surface area contributed by atoms with Crippen molar-refractivity contribution in [1.29, 1.82) is 0 Å². The van der Waals surface area contributed by atoms with Crippen LogP contribution >= 0.6 is 0 Å². The van der Waals surface area contributed by atoms with E-state index in [1.54, 1.807) is 18.2 Å². The molecule has 0 heterocycles. The molecule has 0 unspecified atom stereocenters. The van der Waals surface area contributed by atoms with Gasteiger partial charge < -0.3 is 5.32 Å². The summed E-state index contributed by atoms with van der Waals surface area (Å²) in [5.74, 6) is -0.222. The third-order valence-electron chi connectivity index (χ3n) is 3.92. The highest BCUT2D eigenvalue weighted by atomic mass is 32.2. The lowest BCUT2D eigenvalue weighted by Gasteiger charge is -2.18. The van der Waals surface area contributed by atoms with Gasteiger partial charge in [-0.1, -0.05) is 57.2 Å². The van der Waals surface area contributed by atoms with Crippen molar-refractivity contribution in [2.75, 3.05) is 0 Å². The summed E-state index contributed by atoms with van der Waals surface area (Å²) < 4.78 is 22.4. The fourth-order valence-electron chi connectivity index (χ4n) is 2.31. The molecule has 0 aliphatic carbocycles. The molecule has 0 bridgehead atoms. The molecule has 0 aromatic heterocycles. The average molecular weight is 372 g/mol. The highest BCUT2D eigenvalue weighted by Crippen LogP contribution is 2.22. The second-order valence-corrected chi connectivity index (χ2v) is 8.67. The molecule has 0 fully saturated rings. The molecule has 5 nitrogen and oxygen atoms in total. The Balaban J connectivity index is 1.91. The first-order valence-electron chi connectivity index (χ1n) is 8.24. The number of primary sulfonamides is 1. The molecule has 0 aliphatic heterocycles. The van der Waals surface area contributed by atoms with Gasteiger partial charge in [0.25, 0.3) is 0 Å². The third kappa shape index (κ3) is 5.82. The van der Waals surface area contributed by atoms with E-state index in [0.29, 0.717) is 6.54 Å².